The molecule has 7 nitrogen and oxygen atoms in total. The first-order valence-electron chi connectivity index (χ1n) is 6.82. The van der Waals surface area contributed by atoms with Crippen molar-refractivity contribution in [3.63, 3.8) is 0 Å². The molecule has 0 saturated heterocycles. The Morgan fingerprint density at radius 2 is 2.00 bits per heavy atom. The molecule has 1 aliphatic heterocycles. The highest BCUT2D eigenvalue weighted by Gasteiger charge is 2.13. The maximum Gasteiger partial charge on any atom is 0.314 e. The summed E-state index contributed by atoms with van der Waals surface area (Å²) in [5, 5.41) is 5.44. The number of ether oxygens (including phenoxy) is 4. The van der Waals surface area contributed by atoms with Crippen LogP contribution >= 0.6 is 0 Å². The van der Waals surface area contributed by atoms with E-state index >= 15 is 0 Å². The zero-order valence-corrected chi connectivity index (χ0v) is 12.0. The van der Waals surface area contributed by atoms with Gasteiger partial charge in [0.05, 0.1) is 6.54 Å². The Bertz CT molecular complexity index is 467. The quantitative estimate of drug-likeness (QED) is 0.703. The van der Waals surface area contributed by atoms with E-state index in [4.69, 9.17) is 18.9 Å². The van der Waals surface area contributed by atoms with Crippen molar-refractivity contribution in [3.8, 4) is 17.2 Å². The number of carbonyl (C=O) groups excluding carboxylic acids is 1. The molecule has 0 aliphatic carbocycles. The first-order valence-corrected chi connectivity index (χ1v) is 6.82. The molecule has 0 saturated carbocycles. The lowest BCUT2D eigenvalue weighted by Crippen LogP contribution is -2.38. The average Bonchev–Trinajstić information content (AvgIpc) is 2.96. The molecule has 2 amide bonds. The summed E-state index contributed by atoms with van der Waals surface area (Å²) in [6.07, 6.45) is 0.789. The molecular formula is C14H20N2O5. The summed E-state index contributed by atoms with van der Waals surface area (Å²) in [6, 6.07) is 5.17. The monoisotopic (exact) mass is 296 g/mol. The van der Waals surface area contributed by atoms with E-state index in [-0.39, 0.29) is 12.8 Å². The van der Waals surface area contributed by atoms with E-state index in [0.717, 1.165) is 12.2 Å². The van der Waals surface area contributed by atoms with Crippen LogP contribution in [0, 0.1) is 0 Å². The van der Waals surface area contributed by atoms with E-state index in [9.17, 15) is 4.79 Å². The fraction of sp³-hybridized carbons (Fsp3) is 0.500. The Balaban J connectivity index is 1.58. The van der Waals surface area contributed by atoms with Gasteiger partial charge in [0.2, 0.25) is 6.79 Å². The number of fused-ring (bicyclic) bond motifs is 1. The Kier molecular flexibility index (Phi) is 5.96. The van der Waals surface area contributed by atoms with E-state index in [1.165, 1.54) is 0 Å². The number of amides is 2. The van der Waals surface area contributed by atoms with Gasteiger partial charge in [-0.15, -0.1) is 0 Å². The molecule has 2 rings (SSSR count). The second-order valence-electron chi connectivity index (χ2n) is 4.39. The molecule has 1 aromatic rings. The Labute approximate surface area is 123 Å². The second-order valence-corrected chi connectivity index (χ2v) is 4.39. The fourth-order valence-electron chi connectivity index (χ4n) is 1.78. The molecule has 0 fully saturated rings. The van der Waals surface area contributed by atoms with Gasteiger partial charge in [0.25, 0.3) is 0 Å². The van der Waals surface area contributed by atoms with Crippen molar-refractivity contribution in [1.82, 2.24) is 10.6 Å². The molecule has 0 aromatic heterocycles. The summed E-state index contributed by atoms with van der Waals surface area (Å²) in [4.78, 5) is 11.4. The van der Waals surface area contributed by atoms with E-state index in [0.29, 0.717) is 37.8 Å². The van der Waals surface area contributed by atoms with Crippen molar-refractivity contribution in [2.24, 2.45) is 0 Å². The highest BCUT2D eigenvalue weighted by atomic mass is 16.7. The predicted molar refractivity (Wildman–Crippen MR) is 76.0 cm³/mol. The highest BCUT2D eigenvalue weighted by molar-refractivity contribution is 5.73. The number of carbonyl (C=O) groups is 1. The summed E-state index contributed by atoms with van der Waals surface area (Å²) in [6.45, 7) is 2.26. The molecule has 1 heterocycles. The van der Waals surface area contributed by atoms with Crippen molar-refractivity contribution >= 4 is 6.03 Å². The van der Waals surface area contributed by atoms with Crippen molar-refractivity contribution < 1.29 is 23.7 Å². The minimum absolute atomic E-state index is 0.208. The van der Waals surface area contributed by atoms with Crippen LogP contribution < -0.4 is 24.8 Å². The minimum atomic E-state index is -0.208. The summed E-state index contributed by atoms with van der Waals surface area (Å²) in [7, 11) is 1.63. The molecule has 0 spiro atoms. The maximum atomic E-state index is 11.4. The third-order valence-electron chi connectivity index (χ3n) is 2.81. The number of hydrogen-bond donors (Lipinski definition) is 2. The molecule has 0 unspecified atom stereocenters. The average molecular weight is 296 g/mol. The Morgan fingerprint density at radius 1 is 1.19 bits per heavy atom. The second kappa shape index (κ2) is 8.21. The van der Waals surface area contributed by atoms with Crippen LogP contribution in [0.1, 0.15) is 6.42 Å². The largest absolute Gasteiger partial charge is 0.492 e. The number of rotatable bonds is 8. The van der Waals surface area contributed by atoms with Crippen LogP contribution in [0.3, 0.4) is 0 Å². The van der Waals surface area contributed by atoms with Gasteiger partial charge in [-0.25, -0.2) is 4.79 Å². The molecule has 0 radical (unpaired) electrons. The SMILES string of the molecule is COCCCNC(=O)NCCOc1ccc2c(c1)OCO2. The van der Waals surface area contributed by atoms with Crippen molar-refractivity contribution in [1.29, 1.82) is 0 Å². The van der Waals surface area contributed by atoms with Crippen LogP contribution in [0.2, 0.25) is 0 Å². The lowest BCUT2D eigenvalue weighted by molar-refractivity contribution is 0.173. The summed E-state index contributed by atoms with van der Waals surface area (Å²) in [5.41, 5.74) is 0. The molecular weight excluding hydrogens is 276 g/mol. The standard InChI is InChI=1S/C14H20N2O5/c1-18-7-2-5-15-14(17)16-6-8-19-11-3-4-12-13(9-11)21-10-20-12/h3-4,9H,2,5-8,10H2,1H3,(H2,15,16,17). The van der Waals surface area contributed by atoms with Gasteiger partial charge in [-0.05, 0) is 18.6 Å². The fourth-order valence-corrected chi connectivity index (χ4v) is 1.78. The van der Waals surface area contributed by atoms with E-state index in [1.807, 2.05) is 0 Å². The van der Waals surface area contributed by atoms with Crippen molar-refractivity contribution in [2.45, 2.75) is 6.42 Å². The number of hydrogen-bond acceptors (Lipinski definition) is 5. The number of urea groups is 1. The molecule has 2 N–H and O–H groups in total. The Morgan fingerprint density at radius 3 is 2.86 bits per heavy atom. The lowest BCUT2D eigenvalue weighted by Gasteiger charge is -2.09. The topological polar surface area (TPSA) is 78.1 Å². The smallest absolute Gasteiger partial charge is 0.314 e. The number of nitrogens with one attached hydrogen (secondary N) is 2. The van der Waals surface area contributed by atoms with Crippen LogP contribution in [-0.4, -0.2) is 46.2 Å². The van der Waals surface area contributed by atoms with Crippen LogP contribution in [0.5, 0.6) is 17.2 Å². The van der Waals surface area contributed by atoms with Gasteiger partial charge in [-0.3, -0.25) is 0 Å². The van der Waals surface area contributed by atoms with Gasteiger partial charge < -0.3 is 29.6 Å². The molecule has 7 heteroatoms. The minimum Gasteiger partial charge on any atom is -0.492 e. The van der Waals surface area contributed by atoms with Gasteiger partial charge in [-0.1, -0.05) is 0 Å². The summed E-state index contributed by atoms with van der Waals surface area (Å²) < 4.78 is 20.9. The zero-order chi connectivity index (χ0) is 14.9. The lowest BCUT2D eigenvalue weighted by atomic mass is 10.3. The van der Waals surface area contributed by atoms with Gasteiger partial charge in [0.1, 0.15) is 12.4 Å². The van der Waals surface area contributed by atoms with Crippen LogP contribution in [0.25, 0.3) is 0 Å². The van der Waals surface area contributed by atoms with Gasteiger partial charge in [-0.2, -0.15) is 0 Å². The van der Waals surface area contributed by atoms with Gasteiger partial charge in [0, 0.05) is 26.3 Å². The van der Waals surface area contributed by atoms with Crippen LogP contribution in [0.15, 0.2) is 18.2 Å². The number of benzene rings is 1. The van der Waals surface area contributed by atoms with E-state index in [2.05, 4.69) is 10.6 Å². The van der Waals surface area contributed by atoms with Gasteiger partial charge in [0.15, 0.2) is 11.5 Å². The first-order chi connectivity index (χ1) is 10.3. The molecule has 1 aromatic carbocycles. The van der Waals surface area contributed by atoms with Gasteiger partial charge >= 0.3 is 6.03 Å². The molecule has 0 bridgehead atoms. The predicted octanol–water partition coefficient (Wildman–Crippen LogP) is 1.13. The summed E-state index contributed by atoms with van der Waals surface area (Å²) in [5.74, 6) is 2.08. The van der Waals surface area contributed by atoms with E-state index in [1.54, 1.807) is 25.3 Å². The van der Waals surface area contributed by atoms with Crippen molar-refractivity contribution in [3.05, 3.63) is 18.2 Å². The van der Waals surface area contributed by atoms with Crippen LogP contribution in [0.4, 0.5) is 4.79 Å². The molecule has 0 atom stereocenters. The number of methoxy groups -OCH3 is 1. The first kappa shape index (κ1) is 15.2. The van der Waals surface area contributed by atoms with E-state index < -0.39 is 0 Å². The highest BCUT2D eigenvalue weighted by Crippen LogP contribution is 2.34. The summed E-state index contributed by atoms with van der Waals surface area (Å²) >= 11 is 0. The third-order valence-corrected chi connectivity index (χ3v) is 2.81. The normalized spacial score (nSPS) is 12.0. The molecule has 116 valence electrons. The zero-order valence-electron chi connectivity index (χ0n) is 12.0. The maximum absolute atomic E-state index is 11.4. The Hall–Kier alpha value is -2.15. The third kappa shape index (κ3) is 5.03. The molecule has 21 heavy (non-hydrogen) atoms. The van der Waals surface area contributed by atoms with Crippen molar-refractivity contribution in [2.75, 3.05) is 40.2 Å². The van der Waals surface area contributed by atoms with Crippen LogP contribution in [-0.2, 0) is 4.74 Å². The molecule has 1 aliphatic rings.